The highest BCUT2D eigenvalue weighted by molar-refractivity contribution is 6.35. The maximum Gasteiger partial charge on any atom is 0.246 e. The van der Waals surface area contributed by atoms with E-state index in [1.54, 1.807) is 30.3 Å². The number of hydrogen-bond donors (Lipinski definition) is 1. The summed E-state index contributed by atoms with van der Waals surface area (Å²) in [5.74, 6) is 1.47. The number of amides is 3. The number of rotatable bonds is 9. The lowest BCUT2D eigenvalue weighted by Gasteiger charge is -2.39. The van der Waals surface area contributed by atoms with E-state index in [-0.39, 0.29) is 43.8 Å². The van der Waals surface area contributed by atoms with Crippen LogP contribution in [0.5, 0.6) is 0 Å². The Morgan fingerprint density at radius 1 is 1.06 bits per heavy atom. The second-order valence-corrected chi connectivity index (χ2v) is 9.20. The number of carbonyl (C=O) groups is 3. The smallest absolute Gasteiger partial charge is 0.246 e. The van der Waals surface area contributed by atoms with Gasteiger partial charge in [0.15, 0.2) is 0 Å². The molecule has 1 aliphatic heterocycles. The Labute approximate surface area is 214 Å². The highest BCUT2D eigenvalue weighted by Gasteiger charge is 2.39. The van der Waals surface area contributed by atoms with Gasteiger partial charge in [-0.3, -0.25) is 14.4 Å². The van der Waals surface area contributed by atoms with Crippen LogP contribution >= 0.6 is 34.8 Å². The summed E-state index contributed by atoms with van der Waals surface area (Å²) in [4.78, 5) is 41.3. The maximum absolute atomic E-state index is 13.2. The molecular formula is C25H24Cl3N3O3. The van der Waals surface area contributed by atoms with Gasteiger partial charge >= 0.3 is 0 Å². The number of benzene rings is 2. The zero-order chi connectivity index (χ0) is 24.7. The van der Waals surface area contributed by atoms with Crippen molar-refractivity contribution in [2.45, 2.75) is 25.3 Å². The monoisotopic (exact) mass is 519 g/mol. The molecule has 2 aromatic rings. The minimum absolute atomic E-state index is 0.0376. The second kappa shape index (κ2) is 12.1. The Balaban J connectivity index is 1.61. The predicted octanol–water partition coefficient (Wildman–Crippen LogP) is 3.61. The molecule has 1 unspecified atom stereocenters. The van der Waals surface area contributed by atoms with Gasteiger partial charge in [-0.05, 0) is 48.2 Å². The third-order valence-electron chi connectivity index (χ3n) is 5.58. The molecule has 0 aromatic heterocycles. The van der Waals surface area contributed by atoms with Crippen LogP contribution in [0, 0.1) is 12.3 Å². The average molecular weight is 521 g/mol. The van der Waals surface area contributed by atoms with Crippen LogP contribution in [-0.2, 0) is 27.2 Å². The summed E-state index contributed by atoms with van der Waals surface area (Å²) in [6.45, 7) is 0.540. The fourth-order valence-corrected chi connectivity index (χ4v) is 4.39. The van der Waals surface area contributed by atoms with E-state index in [2.05, 4.69) is 11.2 Å². The molecule has 2 aromatic carbocycles. The number of nitrogens with zero attached hydrogens (tertiary/aromatic N) is 2. The van der Waals surface area contributed by atoms with Gasteiger partial charge in [0.1, 0.15) is 6.04 Å². The van der Waals surface area contributed by atoms with Crippen molar-refractivity contribution in [3.05, 3.63) is 68.7 Å². The topological polar surface area (TPSA) is 69.7 Å². The van der Waals surface area contributed by atoms with E-state index in [9.17, 15) is 14.4 Å². The molecule has 0 radical (unpaired) electrons. The fourth-order valence-electron chi connectivity index (χ4n) is 3.76. The van der Waals surface area contributed by atoms with E-state index in [0.717, 1.165) is 11.1 Å². The minimum atomic E-state index is -0.950. The van der Waals surface area contributed by atoms with E-state index in [4.69, 9.17) is 41.2 Å². The Morgan fingerprint density at radius 3 is 2.44 bits per heavy atom. The molecule has 0 saturated carbocycles. The van der Waals surface area contributed by atoms with Gasteiger partial charge in [-0.25, -0.2) is 0 Å². The number of carbonyl (C=O) groups excluding carboxylic acids is 3. The molecule has 6 nitrogen and oxygen atoms in total. The number of halogens is 3. The molecule has 0 bridgehead atoms. The molecule has 0 aliphatic carbocycles. The van der Waals surface area contributed by atoms with Crippen LogP contribution in [0.2, 0.25) is 15.1 Å². The first-order valence-corrected chi connectivity index (χ1v) is 11.9. The summed E-state index contributed by atoms with van der Waals surface area (Å²) in [5.41, 5.74) is 1.84. The SMILES string of the molecule is C#CCN1C(=O)CN(CCc2ccc(Cl)cc2Cl)C(=O)C1CC(=O)NCCc1ccc(Cl)cc1. The Bertz CT molecular complexity index is 1100. The van der Waals surface area contributed by atoms with E-state index in [0.29, 0.717) is 34.5 Å². The highest BCUT2D eigenvalue weighted by atomic mass is 35.5. The molecule has 178 valence electrons. The normalized spacial score (nSPS) is 15.9. The second-order valence-electron chi connectivity index (χ2n) is 7.92. The van der Waals surface area contributed by atoms with E-state index in [1.807, 2.05) is 12.1 Å². The minimum Gasteiger partial charge on any atom is -0.356 e. The van der Waals surface area contributed by atoms with Crippen LogP contribution in [-0.4, -0.2) is 59.7 Å². The Hall–Kier alpha value is -2.72. The summed E-state index contributed by atoms with van der Waals surface area (Å²) in [7, 11) is 0. The lowest BCUT2D eigenvalue weighted by atomic mass is 10.0. The van der Waals surface area contributed by atoms with Gasteiger partial charge < -0.3 is 15.1 Å². The lowest BCUT2D eigenvalue weighted by Crippen LogP contribution is -2.61. The standard InChI is InChI=1S/C25H24Cl3N3O3/c1-2-12-31-22(15-23(32)29-11-9-17-3-6-19(26)7-4-17)25(34)30(16-24(31)33)13-10-18-5-8-20(27)14-21(18)28/h1,3-8,14,22H,9-13,15-16H2,(H,29,32). The lowest BCUT2D eigenvalue weighted by molar-refractivity contribution is -0.156. The number of nitrogens with one attached hydrogen (secondary N) is 1. The third kappa shape index (κ3) is 6.89. The molecular weight excluding hydrogens is 497 g/mol. The average Bonchev–Trinajstić information content (AvgIpc) is 2.80. The number of hydrogen-bond acceptors (Lipinski definition) is 3. The largest absolute Gasteiger partial charge is 0.356 e. The van der Waals surface area contributed by atoms with Gasteiger partial charge in [0.2, 0.25) is 17.7 Å². The summed E-state index contributed by atoms with van der Waals surface area (Å²) < 4.78 is 0. The zero-order valence-electron chi connectivity index (χ0n) is 18.4. The van der Waals surface area contributed by atoms with Crippen LogP contribution in [0.15, 0.2) is 42.5 Å². The number of terminal acetylenes is 1. The van der Waals surface area contributed by atoms with Gasteiger partial charge in [0.05, 0.1) is 19.5 Å². The first-order chi connectivity index (χ1) is 16.3. The van der Waals surface area contributed by atoms with Crippen LogP contribution in [0.4, 0.5) is 0 Å². The Morgan fingerprint density at radius 2 is 1.76 bits per heavy atom. The first kappa shape index (κ1) is 25.9. The van der Waals surface area contributed by atoms with Gasteiger partial charge in [-0.2, -0.15) is 0 Å². The van der Waals surface area contributed by atoms with Crippen molar-refractivity contribution in [2.24, 2.45) is 0 Å². The summed E-state index contributed by atoms with van der Waals surface area (Å²) >= 11 is 18.1. The van der Waals surface area contributed by atoms with Crippen molar-refractivity contribution < 1.29 is 14.4 Å². The van der Waals surface area contributed by atoms with E-state index >= 15 is 0 Å². The van der Waals surface area contributed by atoms with Gasteiger partial charge in [-0.1, -0.05) is 58.9 Å². The molecule has 1 saturated heterocycles. The highest BCUT2D eigenvalue weighted by Crippen LogP contribution is 2.23. The molecule has 34 heavy (non-hydrogen) atoms. The molecule has 9 heteroatoms. The van der Waals surface area contributed by atoms with Crippen molar-refractivity contribution in [3.63, 3.8) is 0 Å². The van der Waals surface area contributed by atoms with Gasteiger partial charge in [0.25, 0.3) is 0 Å². The van der Waals surface area contributed by atoms with Crippen LogP contribution < -0.4 is 5.32 Å². The fraction of sp³-hybridized carbons (Fsp3) is 0.320. The molecule has 0 spiro atoms. The number of piperazine rings is 1. The molecule has 3 rings (SSSR count). The van der Waals surface area contributed by atoms with Crippen LogP contribution in [0.25, 0.3) is 0 Å². The summed E-state index contributed by atoms with van der Waals surface area (Å²) in [5, 5.41) is 4.47. The molecule has 1 atom stereocenters. The quantitative estimate of drug-likeness (QED) is 0.514. The van der Waals surface area contributed by atoms with Crippen molar-refractivity contribution >= 4 is 52.5 Å². The van der Waals surface area contributed by atoms with Crippen molar-refractivity contribution in [2.75, 3.05) is 26.2 Å². The maximum atomic E-state index is 13.2. The van der Waals surface area contributed by atoms with Crippen LogP contribution in [0.1, 0.15) is 17.5 Å². The predicted molar refractivity (Wildman–Crippen MR) is 134 cm³/mol. The molecule has 1 fully saturated rings. The molecule has 1 heterocycles. The van der Waals surface area contributed by atoms with Gasteiger partial charge in [-0.15, -0.1) is 6.42 Å². The third-order valence-corrected chi connectivity index (χ3v) is 6.41. The van der Waals surface area contributed by atoms with Gasteiger partial charge in [0, 0.05) is 28.2 Å². The van der Waals surface area contributed by atoms with Crippen LogP contribution in [0.3, 0.4) is 0 Å². The molecule has 1 aliphatic rings. The first-order valence-electron chi connectivity index (χ1n) is 10.7. The molecule has 1 N–H and O–H groups in total. The summed E-state index contributed by atoms with van der Waals surface area (Å²) in [6.07, 6.45) is 6.31. The van der Waals surface area contributed by atoms with E-state index < -0.39 is 6.04 Å². The van der Waals surface area contributed by atoms with Crippen molar-refractivity contribution in [3.8, 4) is 12.3 Å². The van der Waals surface area contributed by atoms with Crippen molar-refractivity contribution in [1.82, 2.24) is 15.1 Å². The summed E-state index contributed by atoms with van der Waals surface area (Å²) in [6, 6.07) is 11.5. The zero-order valence-corrected chi connectivity index (χ0v) is 20.7. The Kier molecular flexibility index (Phi) is 9.23. The van der Waals surface area contributed by atoms with Crippen molar-refractivity contribution in [1.29, 1.82) is 0 Å². The van der Waals surface area contributed by atoms with E-state index in [1.165, 1.54) is 9.80 Å². The molecule has 3 amide bonds.